The average molecular weight is 436 g/mol. The van der Waals surface area contributed by atoms with Crippen molar-refractivity contribution in [3.63, 3.8) is 0 Å². The molecule has 0 aliphatic heterocycles. The Balaban J connectivity index is 1.59. The standard InChI is InChI=1S/C23H15ClFN3O3/c24-17-10-6-15(7-11-17)20(29)14-31-23(30)21-26-22(16-8-12-18(25)13-9-16)28(27-21)19-4-2-1-3-5-19/h1-13H,14H2. The lowest BCUT2D eigenvalue weighted by Gasteiger charge is -2.05. The Hall–Kier alpha value is -3.84. The van der Waals surface area contributed by atoms with E-state index in [0.717, 1.165) is 0 Å². The van der Waals surface area contributed by atoms with Crippen molar-refractivity contribution < 1.29 is 18.7 Å². The molecule has 4 aromatic rings. The van der Waals surface area contributed by atoms with Gasteiger partial charge in [-0.05, 0) is 60.7 Å². The number of Topliss-reactive ketones (excluding diaryl/α,β-unsaturated/α-hetero) is 1. The van der Waals surface area contributed by atoms with Crippen LogP contribution in [-0.2, 0) is 4.74 Å². The summed E-state index contributed by atoms with van der Waals surface area (Å²) in [5, 5.41) is 4.75. The Morgan fingerprint density at radius 2 is 1.61 bits per heavy atom. The third-order valence-electron chi connectivity index (χ3n) is 4.39. The molecule has 0 unspecified atom stereocenters. The van der Waals surface area contributed by atoms with Crippen molar-refractivity contribution in [3.8, 4) is 17.1 Å². The highest BCUT2D eigenvalue weighted by atomic mass is 35.5. The third kappa shape index (κ3) is 4.67. The van der Waals surface area contributed by atoms with Crippen LogP contribution in [0.15, 0.2) is 78.9 Å². The summed E-state index contributed by atoms with van der Waals surface area (Å²) in [4.78, 5) is 29.0. The van der Waals surface area contributed by atoms with Gasteiger partial charge in [-0.15, -0.1) is 5.10 Å². The first-order chi connectivity index (χ1) is 15.0. The molecule has 0 bridgehead atoms. The van der Waals surface area contributed by atoms with Crippen molar-refractivity contribution in [3.05, 3.63) is 101 Å². The molecule has 154 valence electrons. The van der Waals surface area contributed by atoms with Gasteiger partial charge in [0.05, 0.1) is 5.69 Å². The second-order valence-electron chi connectivity index (χ2n) is 6.52. The normalized spacial score (nSPS) is 10.6. The Kier molecular flexibility index (Phi) is 5.86. The van der Waals surface area contributed by atoms with Gasteiger partial charge < -0.3 is 4.74 Å². The SMILES string of the molecule is O=C(COC(=O)c1nc(-c2ccc(F)cc2)n(-c2ccccc2)n1)c1ccc(Cl)cc1. The number of esters is 1. The van der Waals surface area contributed by atoms with Crippen LogP contribution in [0.3, 0.4) is 0 Å². The summed E-state index contributed by atoms with van der Waals surface area (Å²) >= 11 is 5.81. The molecule has 0 saturated heterocycles. The molecule has 0 atom stereocenters. The number of ketones is 1. The maximum atomic E-state index is 13.3. The van der Waals surface area contributed by atoms with Gasteiger partial charge in [-0.3, -0.25) is 4.79 Å². The van der Waals surface area contributed by atoms with Crippen molar-refractivity contribution in [2.45, 2.75) is 0 Å². The smallest absolute Gasteiger partial charge is 0.378 e. The minimum absolute atomic E-state index is 0.216. The molecule has 0 radical (unpaired) electrons. The van der Waals surface area contributed by atoms with E-state index in [4.69, 9.17) is 16.3 Å². The van der Waals surface area contributed by atoms with Gasteiger partial charge in [-0.25, -0.2) is 18.9 Å². The zero-order valence-corrected chi connectivity index (χ0v) is 16.8. The number of hydrogen-bond acceptors (Lipinski definition) is 5. The first-order valence-electron chi connectivity index (χ1n) is 9.25. The van der Waals surface area contributed by atoms with Gasteiger partial charge >= 0.3 is 5.97 Å². The molecule has 0 fully saturated rings. The highest BCUT2D eigenvalue weighted by molar-refractivity contribution is 6.30. The number of carbonyl (C=O) groups excluding carboxylic acids is 2. The van der Waals surface area contributed by atoms with Crippen LogP contribution < -0.4 is 0 Å². The van der Waals surface area contributed by atoms with Crippen LogP contribution in [0.4, 0.5) is 4.39 Å². The lowest BCUT2D eigenvalue weighted by atomic mass is 10.1. The van der Waals surface area contributed by atoms with E-state index in [9.17, 15) is 14.0 Å². The van der Waals surface area contributed by atoms with Crippen LogP contribution in [0.2, 0.25) is 5.02 Å². The Morgan fingerprint density at radius 3 is 2.29 bits per heavy atom. The van der Waals surface area contributed by atoms with E-state index in [1.807, 2.05) is 18.2 Å². The number of nitrogens with zero attached hydrogens (tertiary/aromatic N) is 3. The van der Waals surface area contributed by atoms with E-state index in [1.54, 1.807) is 36.4 Å². The van der Waals surface area contributed by atoms with Crippen LogP contribution in [0, 0.1) is 5.82 Å². The number of benzene rings is 3. The molecule has 31 heavy (non-hydrogen) atoms. The molecule has 0 spiro atoms. The fourth-order valence-corrected chi connectivity index (χ4v) is 2.97. The van der Waals surface area contributed by atoms with Crippen LogP contribution in [0.5, 0.6) is 0 Å². The van der Waals surface area contributed by atoms with Gasteiger partial charge in [-0.1, -0.05) is 29.8 Å². The zero-order valence-electron chi connectivity index (χ0n) is 16.0. The second kappa shape index (κ2) is 8.89. The minimum atomic E-state index is -0.847. The summed E-state index contributed by atoms with van der Waals surface area (Å²) in [6, 6.07) is 21.0. The lowest BCUT2D eigenvalue weighted by Crippen LogP contribution is -2.15. The van der Waals surface area contributed by atoms with Gasteiger partial charge in [0, 0.05) is 16.1 Å². The highest BCUT2D eigenvalue weighted by Crippen LogP contribution is 2.22. The quantitative estimate of drug-likeness (QED) is 0.322. The van der Waals surface area contributed by atoms with Crippen molar-refractivity contribution >= 4 is 23.4 Å². The Morgan fingerprint density at radius 1 is 0.935 bits per heavy atom. The van der Waals surface area contributed by atoms with Crippen LogP contribution >= 0.6 is 11.6 Å². The minimum Gasteiger partial charge on any atom is -0.451 e. The number of carbonyl (C=O) groups is 2. The molecule has 0 aliphatic carbocycles. The summed E-state index contributed by atoms with van der Waals surface area (Å²) in [5.74, 6) is -1.50. The molecule has 3 aromatic carbocycles. The molecule has 0 N–H and O–H groups in total. The Bertz CT molecular complexity index is 1220. The average Bonchev–Trinajstić information content (AvgIpc) is 3.24. The number of rotatable bonds is 6. The maximum Gasteiger partial charge on any atom is 0.378 e. The van der Waals surface area contributed by atoms with Crippen molar-refractivity contribution in [2.24, 2.45) is 0 Å². The van der Waals surface area contributed by atoms with E-state index in [0.29, 0.717) is 27.7 Å². The number of ether oxygens (including phenoxy) is 1. The molecular formula is C23H15ClFN3O3. The van der Waals surface area contributed by atoms with Crippen molar-refractivity contribution in [1.82, 2.24) is 14.8 Å². The van der Waals surface area contributed by atoms with Crippen molar-refractivity contribution in [2.75, 3.05) is 6.61 Å². The molecule has 8 heteroatoms. The lowest BCUT2D eigenvalue weighted by molar-refractivity contribution is 0.0462. The predicted molar refractivity (Wildman–Crippen MR) is 113 cm³/mol. The molecule has 1 heterocycles. The predicted octanol–water partition coefficient (Wildman–Crippen LogP) is 4.77. The van der Waals surface area contributed by atoms with E-state index >= 15 is 0 Å². The highest BCUT2D eigenvalue weighted by Gasteiger charge is 2.21. The summed E-state index contributed by atoms with van der Waals surface area (Å²) < 4.78 is 19.9. The van der Waals surface area contributed by atoms with Crippen LogP contribution in [-0.4, -0.2) is 33.1 Å². The molecule has 6 nitrogen and oxygen atoms in total. The van der Waals surface area contributed by atoms with Gasteiger partial charge in [0.2, 0.25) is 0 Å². The van der Waals surface area contributed by atoms with Gasteiger partial charge in [0.15, 0.2) is 18.2 Å². The number of aromatic nitrogens is 3. The van der Waals surface area contributed by atoms with E-state index in [2.05, 4.69) is 10.1 Å². The summed E-state index contributed by atoms with van der Waals surface area (Å²) in [6.45, 7) is -0.466. The topological polar surface area (TPSA) is 74.1 Å². The summed E-state index contributed by atoms with van der Waals surface area (Å²) in [7, 11) is 0. The number of para-hydroxylation sites is 1. The molecular weight excluding hydrogens is 421 g/mol. The van der Waals surface area contributed by atoms with Crippen LogP contribution in [0.1, 0.15) is 21.0 Å². The summed E-state index contributed by atoms with van der Waals surface area (Å²) in [6.07, 6.45) is 0. The van der Waals surface area contributed by atoms with Crippen LogP contribution in [0.25, 0.3) is 17.1 Å². The second-order valence-corrected chi connectivity index (χ2v) is 6.96. The monoisotopic (exact) mass is 435 g/mol. The number of halogens is 2. The molecule has 0 saturated carbocycles. The van der Waals surface area contributed by atoms with Gasteiger partial charge in [-0.2, -0.15) is 0 Å². The number of hydrogen-bond donors (Lipinski definition) is 0. The molecule has 0 aliphatic rings. The van der Waals surface area contributed by atoms with E-state index in [-0.39, 0.29) is 11.6 Å². The first-order valence-corrected chi connectivity index (χ1v) is 9.63. The molecule has 1 aromatic heterocycles. The van der Waals surface area contributed by atoms with Crippen molar-refractivity contribution in [1.29, 1.82) is 0 Å². The third-order valence-corrected chi connectivity index (χ3v) is 4.65. The molecule has 0 amide bonds. The fraction of sp³-hybridized carbons (Fsp3) is 0.0435. The molecule has 4 rings (SSSR count). The van der Waals surface area contributed by atoms with E-state index in [1.165, 1.54) is 28.9 Å². The summed E-state index contributed by atoms with van der Waals surface area (Å²) in [5.41, 5.74) is 1.59. The van der Waals surface area contributed by atoms with Gasteiger partial charge in [0.1, 0.15) is 5.82 Å². The fourth-order valence-electron chi connectivity index (χ4n) is 2.85. The maximum absolute atomic E-state index is 13.3. The first kappa shape index (κ1) is 20.4. The largest absolute Gasteiger partial charge is 0.451 e. The van der Waals surface area contributed by atoms with E-state index < -0.39 is 18.4 Å². The Labute approximate surface area is 181 Å². The van der Waals surface area contributed by atoms with Gasteiger partial charge in [0.25, 0.3) is 5.82 Å². The zero-order chi connectivity index (χ0) is 21.8.